The molecule has 1 N–H and O–H groups in total. The van der Waals surface area contributed by atoms with Gasteiger partial charge in [-0.15, -0.1) is 6.58 Å². The van der Waals surface area contributed by atoms with Gasteiger partial charge in [0.2, 0.25) is 0 Å². The second-order valence-corrected chi connectivity index (χ2v) is 12.1. The van der Waals surface area contributed by atoms with Crippen molar-refractivity contribution in [3.05, 3.63) is 12.7 Å². The van der Waals surface area contributed by atoms with Crippen LogP contribution >= 0.6 is 0 Å². The molecule has 0 heterocycles. The van der Waals surface area contributed by atoms with E-state index in [-0.39, 0.29) is 17.6 Å². The summed E-state index contributed by atoms with van der Waals surface area (Å²) in [5, 5.41) is 9.18. The number of rotatable bonds is 9. The Morgan fingerprint density at radius 3 is 2.30 bits per heavy atom. The molecule has 0 spiro atoms. The standard InChI is InChI=1S/C16H32O3Si/c1-8-9-13(2)10-11-14(12-15(17)18)19-20(6,7)16(3,4)5/h8,13-14H,1,9-12H2,2-7H3,(H,17,18). The lowest BCUT2D eigenvalue weighted by atomic mass is 9.99. The van der Waals surface area contributed by atoms with Crippen molar-refractivity contribution >= 4 is 14.3 Å². The maximum Gasteiger partial charge on any atom is 0.305 e. The quantitative estimate of drug-likeness (QED) is 0.489. The summed E-state index contributed by atoms with van der Waals surface area (Å²) in [6.45, 7) is 16.8. The predicted molar refractivity (Wildman–Crippen MR) is 87.5 cm³/mol. The summed E-state index contributed by atoms with van der Waals surface area (Å²) in [5.74, 6) is -0.239. The fourth-order valence-electron chi connectivity index (χ4n) is 1.86. The topological polar surface area (TPSA) is 46.5 Å². The van der Waals surface area contributed by atoms with E-state index >= 15 is 0 Å². The van der Waals surface area contributed by atoms with Crippen molar-refractivity contribution in [1.29, 1.82) is 0 Å². The summed E-state index contributed by atoms with van der Waals surface area (Å²) >= 11 is 0. The van der Waals surface area contributed by atoms with Gasteiger partial charge in [-0.1, -0.05) is 33.8 Å². The van der Waals surface area contributed by atoms with Crippen molar-refractivity contribution in [2.24, 2.45) is 5.92 Å². The van der Waals surface area contributed by atoms with E-state index in [1.165, 1.54) is 0 Å². The highest BCUT2D eigenvalue weighted by Gasteiger charge is 2.39. The average molecular weight is 301 g/mol. The van der Waals surface area contributed by atoms with E-state index in [1.54, 1.807) is 0 Å². The van der Waals surface area contributed by atoms with E-state index in [4.69, 9.17) is 9.53 Å². The largest absolute Gasteiger partial charge is 0.481 e. The second-order valence-electron chi connectivity index (χ2n) is 7.30. The van der Waals surface area contributed by atoms with Crippen molar-refractivity contribution in [3.8, 4) is 0 Å². The second kappa shape index (κ2) is 7.98. The fraction of sp³-hybridized carbons (Fsp3) is 0.812. The normalized spacial score (nSPS) is 15.7. The fourth-order valence-corrected chi connectivity index (χ4v) is 3.25. The van der Waals surface area contributed by atoms with Gasteiger partial charge in [0.1, 0.15) is 0 Å². The monoisotopic (exact) mass is 300 g/mol. The molecule has 0 fully saturated rings. The smallest absolute Gasteiger partial charge is 0.305 e. The molecule has 0 aliphatic heterocycles. The SMILES string of the molecule is C=CCC(C)CCC(CC(=O)O)O[Si](C)(C)C(C)(C)C. The molecule has 0 amide bonds. The first kappa shape index (κ1) is 19.4. The Hall–Kier alpha value is -0.613. The molecule has 118 valence electrons. The van der Waals surface area contributed by atoms with E-state index < -0.39 is 14.3 Å². The van der Waals surface area contributed by atoms with Crippen LogP contribution in [0.1, 0.15) is 53.4 Å². The Morgan fingerprint density at radius 1 is 1.35 bits per heavy atom. The highest BCUT2D eigenvalue weighted by molar-refractivity contribution is 6.74. The van der Waals surface area contributed by atoms with Crippen molar-refractivity contribution in [2.45, 2.75) is 77.6 Å². The van der Waals surface area contributed by atoms with Gasteiger partial charge in [0, 0.05) is 0 Å². The minimum Gasteiger partial charge on any atom is -0.481 e. The van der Waals surface area contributed by atoms with Gasteiger partial charge >= 0.3 is 5.97 Å². The molecule has 0 rings (SSSR count). The molecule has 0 saturated carbocycles. The van der Waals surface area contributed by atoms with Crippen LogP contribution in [0.2, 0.25) is 18.1 Å². The average Bonchev–Trinajstić information content (AvgIpc) is 2.23. The van der Waals surface area contributed by atoms with Crippen LogP contribution in [0.25, 0.3) is 0 Å². The van der Waals surface area contributed by atoms with Crippen LogP contribution in [0, 0.1) is 5.92 Å². The van der Waals surface area contributed by atoms with Crippen LogP contribution in [0.5, 0.6) is 0 Å². The number of aliphatic carboxylic acids is 1. The first-order chi connectivity index (χ1) is 8.99. The van der Waals surface area contributed by atoms with Crippen LogP contribution < -0.4 is 0 Å². The van der Waals surface area contributed by atoms with Gasteiger partial charge in [-0.05, 0) is 43.3 Å². The number of carboxylic acid groups (broad SMARTS) is 1. The minimum atomic E-state index is -1.91. The molecule has 0 radical (unpaired) electrons. The number of hydrogen-bond acceptors (Lipinski definition) is 2. The Bertz CT molecular complexity index is 318. The zero-order valence-electron chi connectivity index (χ0n) is 14.0. The molecule has 20 heavy (non-hydrogen) atoms. The van der Waals surface area contributed by atoms with E-state index in [0.717, 1.165) is 19.3 Å². The van der Waals surface area contributed by atoms with Gasteiger partial charge in [-0.2, -0.15) is 0 Å². The van der Waals surface area contributed by atoms with Crippen LogP contribution in [0.4, 0.5) is 0 Å². The molecule has 0 bridgehead atoms. The van der Waals surface area contributed by atoms with Crippen molar-refractivity contribution < 1.29 is 14.3 Å². The van der Waals surface area contributed by atoms with Crippen molar-refractivity contribution in [3.63, 3.8) is 0 Å². The minimum absolute atomic E-state index is 0.104. The first-order valence-corrected chi connectivity index (χ1v) is 10.4. The Labute approximate surface area is 125 Å². The molecule has 2 unspecified atom stereocenters. The third-order valence-corrected chi connectivity index (χ3v) is 8.76. The highest BCUT2D eigenvalue weighted by Crippen LogP contribution is 2.38. The summed E-state index contributed by atoms with van der Waals surface area (Å²) in [7, 11) is -1.91. The molecule has 0 aromatic heterocycles. The van der Waals surface area contributed by atoms with E-state index in [0.29, 0.717) is 5.92 Å². The zero-order valence-corrected chi connectivity index (χ0v) is 15.0. The predicted octanol–water partition coefficient (Wildman–Crippen LogP) is 4.84. The number of allylic oxidation sites excluding steroid dienone is 1. The lowest BCUT2D eigenvalue weighted by molar-refractivity contribution is -0.139. The van der Waals surface area contributed by atoms with Gasteiger partial charge < -0.3 is 9.53 Å². The molecule has 2 atom stereocenters. The van der Waals surface area contributed by atoms with Crippen LogP contribution in [0.3, 0.4) is 0 Å². The van der Waals surface area contributed by atoms with Crippen molar-refractivity contribution in [2.75, 3.05) is 0 Å². The maximum atomic E-state index is 11.0. The van der Waals surface area contributed by atoms with Crippen LogP contribution in [-0.4, -0.2) is 25.5 Å². The molecule has 0 aromatic rings. The summed E-state index contributed by atoms with van der Waals surface area (Å²) in [4.78, 5) is 11.0. The molecular formula is C16H32O3Si. The summed E-state index contributed by atoms with van der Waals surface area (Å²) in [5.41, 5.74) is 0. The summed E-state index contributed by atoms with van der Waals surface area (Å²) in [6, 6.07) is 0. The lowest BCUT2D eigenvalue weighted by Gasteiger charge is -2.39. The molecule has 3 nitrogen and oxygen atoms in total. The van der Waals surface area contributed by atoms with Gasteiger partial charge in [-0.3, -0.25) is 4.79 Å². The van der Waals surface area contributed by atoms with Crippen LogP contribution in [0.15, 0.2) is 12.7 Å². The molecule has 0 aromatic carbocycles. The number of hydrogen-bond donors (Lipinski definition) is 1. The molecule has 0 aliphatic rings. The summed E-state index contributed by atoms with van der Waals surface area (Å²) in [6.07, 6.45) is 4.63. The van der Waals surface area contributed by atoms with Gasteiger partial charge in [-0.25, -0.2) is 0 Å². The first-order valence-electron chi connectivity index (χ1n) is 7.50. The lowest BCUT2D eigenvalue weighted by Crippen LogP contribution is -2.44. The number of carbonyl (C=O) groups is 1. The molecule has 0 aliphatic carbocycles. The van der Waals surface area contributed by atoms with E-state index in [2.05, 4.69) is 47.4 Å². The third kappa shape index (κ3) is 7.24. The molecule has 0 saturated heterocycles. The Balaban J connectivity index is 4.64. The summed E-state index contributed by atoms with van der Waals surface area (Å²) < 4.78 is 6.27. The van der Waals surface area contributed by atoms with Gasteiger partial charge in [0.15, 0.2) is 8.32 Å². The van der Waals surface area contributed by atoms with Crippen molar-refractivity contribution in [1.82, 2.24) is 0 Å². The third-order valence-electron chi connectivity index (χ3n) is 4.22. The Kier molecular flexibility index (Phi) is 7.74. The molecular weight excluding hydrogens is 268 g/mol. The van der Waals surface area contributed by atoms with Gasteiger partial charge in [0.25, 0.3) is 0 Å². The van der Waals surface area contributed by atoms with Gasteiger partial charge in [0.05, 0.1) is 12.5 Å². The number of carboxylic acids is 1. The molecule has 4 heteroatoms. The van der Waals surface area contributed by atoms with E-state index in [9.17, 15) is 4.79 Å². The van der Waals surface area contributed by atoms with E-state index in [1.807, 2.05) is 6.08 Å². The zero-order chi connectivity index (χ0) is 16.0. The van der Waals surface area contributed by atoms with Crippen LogP contribution in [-0.2, 0) is 9.22 Å². The maximum absolute atomic E-state index is 11.0. The Morgan fingerprint density at radius 2 is 1.90 bits per heavy atom. The highest BCUT2D eigenvalue weighted by atomic mass is 28.4.